The number of H-pyrrole nitrogens is 2. The minimum absolute atomic E-state index is 0. The number of aliphatic hydroxyl groups is 1. The van der Waals surface area contributed by atoms with Gasteiger partial charge in [-0.05, 0) is 24.6 Å². The van der Waals surface area contributed by atoms with E-state index in [9.17, 15) is 4.79 Å². The Balaban J connectivity index is 0.00000192. The topological polar surface area (TPSA) is 86.7 Å². The highest BCUT2D eigenvalue weighted by Crippen LogP contribution is 2.20. The standard InChI is InChI=1S/C15H15ClN4O2.BrH/c1-9-12(6-7-21)14(22)20(19-9)15-17-8-13(18-15)10-2-4-11(16)5-3-10;/h2-5,8,19,21H,6-7H2,1H3,(H,17,18);1H. The summed E-state index contributed by atoms with van der Waals surface area (Å²) >= 11 is 5.87. The average molecular weight is 400 g/mol. The van der Waals surface area contributed by atoms with Gasteiger partial charge in [0, 0.05) is 29.3 Å². The SMILES string of the molecule is Br.Cc1[nH]n(-c2ncc(-c3ccc(Cl)cc3)[nH]2)c(=O)c1CCO. The number of nitrogens with zero attached hydrogens (tertiary/aromatic N) is 2. The number of benzene rings is 1. The van der Waals surface area contributed by atoms with E-state index >= 15 is 0 Å². The summed E-state index contributed by atoms with van der Waals surface area (Å²) in [5.41, 5.74) is 2.79. The van der Waals surface area contributed by atoms with Gasteiger partial charge in [0.05, 0.1) is 11.9 Å². The van der Waals surface area contributed by atoms with Crippen molar-refractivity contribution in [3.05, 3.63) is 57.1 Å². The number of aromatic amines is 2. The van der Waals surface area contributed by atoms with Gasteiger partial charge in [-0.15, -0.1) is 17.0 Å². The second-order valence-corrected chi connectivity index (χ2v) is 5.39. The van der Waals surface area contributed by atoms with E-state index in [2.05, 4.69) is 15.1 Å². The first-order valence-corrected chi connectivity index (χ1v) is 7.20. The maximum atomic E-state index is 12.3. The lowest BCUT2D eigenvalue weighted by Crippen LogP contribution is -2.19. The lowest BCUT2D eigenvalue weighted by molar-refractivity contribution is 0.299. The van der Waals surface area contributed by atoms with Gasteiger partial charge in [0.25, 0.3) is 5.56 Å². The molecule has 3 N–H and O–H groups in total. The monoisotopic (exact) mass is 398 g/mol. The van der Waals surface area contributed by atoms with Crippen molar-refractivity contribution in [1.82, 2.24) is 19.7 Å². The molecule has 0 fully saturated rings. The number of aliphatic hydroxyl groups excluding tert-OH is 1. The summed E-state index contributed by atoms with van der Waals surface area (Å²) in [6.45, 7) is 1.73. The summed E-state index contributed by atoms with van der Waals surface area (Å²) < 4.78 is 1.35. The van der Waals surface area contributed by atoms with Gasteiger partial charge < -0.3 is 10.1 Å². The molecular weight excluding hydrogens is 384 g/mol. The van der Waals surface area contributed by atoms with Crippen LogP contribution in [-0.4, -0.2) is 31.5 Å². The molecule has 0 aliphatic carbocycles. The predicted octanol–water partition coefficient (Wildman–Crippen LogP) is 2.63. The Labute approximate surface area is 147 Å². The average Bonchev–Trinajstić information content (AvgIpc) is 3.08. The third-order valence-corrected chi connectivity index (χ3v) is 3.74. The molecule has 23 heavy (non-hydrogen) atoms. The van der Waals surface area contributed by atoms with E-state index in [1.54, 1.807) is 25.3 Å². The van der Waals surface area contributed by atoms with Crippen molar-refractivity contribution in [3.8, 4) is 17.2 Å². The van der Waals surface area contributed by atoms with Gasteiger partial charge >= 0.3 is 0 Å². The van der Waals surface area contributed by atoms with Crippen LogP contribution >= 0.6 is 28.6 Å². The lowest BCUT2D eigenvalue weighted by Gasteiger charge is -1.98. The first kappa shape index (κ1) is 17.5. The molecule has 3 aromatic rings. The van der Waals surface area contributed by atoms with Crippen molar-refractivity contribution >= 4 is 28.6 Å². The lowest BCUT2D eigenvalue weighted by atomic mass is 10.2. The van der Waals surface area contributed by atoms with Crippen molar-refractivity contribution in [2.75, 3.05) is 6.61 Å². The van der Waals surface area contributed by atoms with Gasteiger partial charge in [0.15, 0.2) is 0 Å². The summed E-state index contributed by atoms with van der Waals surface area (Å²) in [6, 6.07) is 7.34. The number of halogens is 2. The second kappa shape index (κ2) is 7.16. The van der Waals surface area contributed by atoms with Crippen molar-refractivity contribution in [1.29, 1.82) is 0 Å². The molecule has 3 rings (SSSR count). The van der Waals surface area contributed by atoms with E-state index in [0.29, 0.717) is 23.0 Å². The fourth-order valence-corrected chi connectivity index (χ4v) is 2.46. The number of hydrogen-bond acceptors (Lipinski definition) is 3. The summed E-state index contributed by atoms with van der Waals surface area (Å²) in [5, 5.41) is 12.7. The molecule has 0 aliphatic rings. The molecule has 0 spiro atoms. The van der Waals surface area contributed by atoms with E-state index in [1.807, 2.05) is 12.1 Å². The number of aromatic nitrogens is 4. The number of imidazole rings is 1. The summed E-state index contributed by atoms with van der Waals surface area (Å²) in [6.07, 6.45) is 1.98. The Hall–Kier alpha value is -1.83. The van der Waals surface area contributed by atoms with Crippen LogP contribution in [0.2, 0.25) is 5.02 Å². The molecule has 0 unspecified atom stereocenters. The first-order valence-electron chi connectivity index (χ1n) is 6.83. The highest BCUT2D eigenvalue weighted by atomic mass is 79.9. The Morgan fingerprint density at radius 3 is 2.65 bits per heavy atom. The van der Waals surface area contributed by atoms with Gasteiger partial charge in [0.1, 0.15) is 0 Å². The molecule has 6 nitrogen and oxygen atoms in total. The van der Waals surface area contributed by atoms with E-state index in [1.165, 1.54) is 4.68 Å². The van der Waals surface area contributed by atoms with Crippen LogP contribution in [0.15, 0.2) is 35.3 Å². The Kier molecular flexibility index (Phi) is 5.46. The maximum absolute atomic E-state index is 12.3. The van der Waals surface area contributed by atoms with Crippen LogP contribution in [0, 0.1) is 6.92 Å². The number of nitrogens with one attached hydrogen (secondary N) is 2. The van der Waals surface area contributed by atoms with Gasteiger partial charge in [-0.3, -0.25) is 9.89 Å². The summed E-state index contributed by atoms with van der Waals surface area (Å²) in [4.78, 5) is 19.7. The fourth-order valence-electron chi connectivity index (χ4n) is 2.34. The molecule has 2 aromatic heterocycles. The zero-order valence-corrected chi connectivity index (χ0v) is 14.8. The molecule has 8 heteroatoms. The molecule has 0 aliphatic heterocycles. The van der Waals surface area contributed by atoms with Crippen LogP contribution < -0.4 is 5.56 Å². The van der Waals surface area contributed by atoms with Crippen LogP contribution in [-0.2, 0) is 6.42 Å². The maximum Gasteiger partial charge on any atom is 0.277 e. The number of aryl methyl sites for hydroxylation is 1. The Morgan fingerprint density at radius 2 is 2.00 bits per heavy atom. The quantitative estimate of drug-likeness (QED) is 0.630. The van der Waals surface area contributed by atoms with Crippen LogP contribution in [0.5, 0.6) is 0 Å². The minimum Gasteiger partial charge on any atom is -0.396 e. The molecule has 0 radical (unpaired) electrons. The fraction of sp³-hybridized carbons (Fsp3) is 0.200. The normalized spacial score (nSPS) is 10.6. The number of rotatable bonds is 4. The minimum atomic E-state index is -0.205. The largest absolute Gasteiger partial charge is 0.396 e. The predicted molar refractivity (Wildman–Crippen MR) is 94.8 cm³/mol. The van der Waals surface area contributed by atoms with Crippen molar-refractivity contribution in [3.63, 3.8) is 0 Å². The summed E-state index contributed by atoms with van der Waals surface area (Å²) in [5.74, 6) is 0.405. The van der Waals surface area contributed by atoms with Crippen LogP contribution in [0.4, 0.5) is 0 Å². The molecule has 2 heterocycles. The molecule has 0 bridgehead atoms. The van der Waals surface area contributed by atoms with Gasteiger partial charge in [-0.25, -0.2) is 4.98 Å². The van der Waals surface area contributed by atoms with Gasteiger partial charge in [-0.2, -0.15) is 4.68 Å². The Morgan fingerprint density at radius 1 is 1.30 bits per heavy atom. The molecule has 0 atom stereocenters. The highest BCUT2D eigenvalue weighted by molar-refractivity contribution is 8.93. The van der Waals surface area contributed by atoms with Gasteiger partial charge in [0.2, 0.25) is 5.95 Å². The molecular formula is C15H16BrClN4O2. The van der Waals surface area contributed by atoms with E-state index in [4.69, 9.17) is 16.7 Å². The zero-order valence-electron chi connectivity index (χ0n) is 12.3. The van der Waals surface area contributed by atoms with Gasteiger partial charge in [-0.1, -0.05) is 23.7 Å². The molecule has 0 saturated carbocycles. The van der Waals surface area contributed by atoms with Crippen LogP contribution in [0.3, 0.4) is 0 Å². The van der Waals surface area contributed by atoms with E-state index < -0.39 is 0 Å². The first-order chi connectivity index (χ1) is 10.6. The second-order valence-electron chi connectivity index (χ2n) is 4.96. The zero-order chi connectivity index (χ0) is 15.7. The van der Waals surface area contributed by atoms with Crippen molar-refractivity contribution in [2.45, 2.75) is 13.3 Å². The highest BCUT2D eigenvalue weighted by Gasteiger charge is 2.14. The van der Waals surface area contributed by atoms with E-state index in [-0.39, 0.29) is 29.1 Å². The Bertz CT molecular complexity index is 851. The van der Waals surface area contributed by atoms with Crippen LogP contribution in [0.25, 0.3) is 17.2 Å². The number of hydrogen-bond donors (Lipinski definition) is 3. The van der Waals surface area contributed by atoms with Crippen molar-refractivity contribution < 1.29 is 5.11 Å². The molecule has 0 saturated heterocycles. The molecule has 1 aromatic carbocycles. The third-order valence-electron chi connectivity index (χ3n) is 3.48. The third kappa shape index (κ3) is 3.41. The smallest absolute Gasteiger partial charge is 0.277 e. The van der Waals surface area contributed by atoms with Crippen LogP contribution in [0.1, 0.15) is 11.3 Å². The molecule has 122 valence electrons. The van der Waals surface area contributed by atoms with Crippen molar-refractivity contribution in [2.24, 2.45) is 0 Å². The molecule has 0 amide bonds. The summed E-state index contributed by atoms with van der Waals surface area (Å²) in [7, 11) is 0. The van der Waals surface area contributed by atoms with E-state index in [0.717, 1.165) is 17.0 Å².